The van der Waals surface area contributed by atoms with Crippen LogP contribution in [0.1, 0.15) is 34.5 Å². The van der Waals surface area contributed by atoms with Crippen LogP contribution in [0.5, 0.6) is 5.75 Å². The van der Waals surface area contributed by atoms with E-state index in [0.29, 0.717) is 24.8 Å². The van der Waals surface area contributed by atoms with Crippen LogP contribution in [0.15, 0.2) is 42.6 Å². The molecule has 5 nitrogen and oxygen atoms in total. The highest BCUT2D eigenvalue weighted by Crippen LogP contribution is 2.13. The van der Waals surface area contributed by atoms with Gasteiger partial charge < -0.3 is 15.4 Å². The predicted molar refractivity (Wildman–Crippen MR) is 93.1 cm³/mol. The van der Waals surface area contributed by atoms with Gasteiger partial charge in [0.15, 0.2) is 0 Å². The first-order chi connectivity index (χ1) is 11.7. The zero-order valence-corrected chi connectivity index (χ0v) is 13.9. The summed E-state index contributed by atoms with van der Waals surface area (Å²) in [6.07, 6.45) is 4.01. The monoisotopic (exact) mass is 325 g/mol. The van der Waals surface area contributed by atoms with E-state index in [-0.39, 0.29) is 5.91 Å². The maximum atomic E-state index is 12.3. The summed E-state index contributed by atoms with van der Waals surface area (Å²) < 4.78 is 5.72. The molecule has 2 aromatic rings. The summed E-state index contributed by atoms with van der Waals surface area (Å²) in [5, 5.41) is 6.37. The summed E-state index contributed by atoms with van der Waals surface area (Å²) in [5.74, 6) is 0.685. The van der Waals surface area contributed by atoms with Crippen LogP contribution < -0.4 is 15.4 Å². The van der Waals surface area contributed by atoms with Crippen LogP contribution in [0.25, 0.3) is 0 Å². The van der Waals surface area contributed by atoms with Crippen molar-refractivity contribution >= 4 is 5.91 Å². The summed E-state index contributed by atoms with van der Waals surface area (Å²) in [6, 6.07) is 11.7. The van der Waals surface area contributed by atoms with Crippen LogP contribution in [-0.4, -0.2) is 30.0 Å². The second kappa shape index (κ2) is 7.93. The number of aromatic nitrogens is 1. The third-order valence-electron chi connectivity index (χ3n) is 4.15. The van der Waals surface area contributed by atoms with Gasteiger partial charge in [0.2, 0.25) is 0 Å². The second-order valence-corrected chi connectivity index (χ2v) is 6.13. The first kappa shape index (κ1) is 16.5. The van der Waals surface area contributed by atoms with Crippen molar-refractivity contribution < 1.29 is 9.53 Å². The number of hydrogen-bond acceptors (Lipinski definition) is 4. The second-order valence-electron chi connectivity index (χ2n) is 6.13. The van der Waals surface area contributed by atoms with E-state index in [1.165, 1.54) is 6.42 Å². The smallest absolute Gasteiger partial charge is 0.251 e. The van der Waals surface area contributed by atoms with Crippen molar-refractivity contribution in [2.45, 2.75) is 32.4 Å². The van der Waals surface area contributed by atoms with Gasteiger partial charge in [-0.05, 0) is 56.1 Å². The molecule has 3 rings (SSSR count). The van der Waals surface area contributed by atoms with Crippen molar-refractivity contribution in [1.29, 1.82) is 0 Å². The van der Waals surface area contributed by atoms with Gasteiger partial charge >= 0.3 is 0 Å². The van der Waals surface area contributed by atoms with Crippen molar-refractivity contribution in [2.75, 3.05) is 13.1 Å². The summed E-state index contributed by atoms with van der Waals surface area (Å²) in [4.78, 5) is 16.5. The van der Waals surface area contributed by atoms with Gasteiger partial charge in [-0.2, -0.15) is 0 Å². The lowest BCUT2D eigenvalue weighted by atomic mass is 10.1. The highest BCUT2D eigenvalue weighted by molar-refractivity contribution is 5.94. The fraction of sp³-hybridized carbons (Fsp3) is 0.368. The fourth-order valence-electron chi connectivity index (χ4n) is 2.76. The highest BCUT2D eigenvalue weighted by atomic mass is 16.5. The zero-order chi connectivity index (χ0) is 16.8. The molecular formula is C19H23N3O2. The molecule has 0 radical (unpaired) electrons. The normalized spacial score (nSPS) is 16.8. The van der Waals surface area contributed by atoms with Crippen LogP contribution in [0.4, 0.5) is 0 Å². The fourth-order valence-corrected chi connectivity index (χ4v) is 2.76. The van der Waals surface area contributed by atoms with Crippen LogP contribution in [0.2, 0.25) is 0 Å². The quantitative estimate of drug-likeness (QED) is 0.856. The van der Waals surface area contributed by atoms with Gasteiger partial charge in [0.05, 0.1) is 6.20 Å². The number of nitrogens with one attached hydrogen (secondary N) is 2. The molecule has 1 aromatic carbocycles. The van der Waals surface area contributed by atoms with E-state index in [0.717, 1.165) is 30.0 Å². The van der Waals surface area contributed by atoms with Crippen LogP contribution >= 0.6 is 0 Å². The van der Waals surface area contributed by atoms with Gasteiger partial charge in [-0.15, -0.1) is 0 Å². The molecule has 1 aromatic heterocycles. The maximum absolute atomic E-state index is 12.3. The predicted octanol–water partition coefficient (Wildman–Crippen LogP) is 2.45. The maximum Gasteiger partial charge on any atom is 0.251 e. The van der Waals surface area contributed by atoms with Crippen molar-refractivity contribution in [2.24, 2.45) is 0 Å². The zero-order valence-electron chi connectivity index (χ0n) is 13.9. The van der Waals surface area contributed by atoms with E-state index in [1.54, 1.807) is 6.20 Å². The lowest BCUT2D eigenvalue weighted by molar-refractivity contribution is 0.0950. The van der Waals surface area contributed by atoms with Crippen molar-refractivity contribution in [3.63, 3.8) is 0 Å². The minimum atomic E-state index is -0.0393. The molecule has 1 aliphatic heterocycles. The Bertz CT molecular complexity index is 679. The Morgan fingerprint density at radius 3 is 3.04 bits per heavy atom. The standard InChI is InChI=1S/C19H23N3O2/c1-14-7-8-18(12-21-14)24-13-15-4-2-5-16(10-15)19(23)22-11-17-6-3-9-20-17/h2,4-5,7-8,10,12,17,20H,3,6,9,11,13H2,1H3,(H,22,23). The highest BCUT2D eigenvalue weighted by Gasteiger charge is 2.15. The number of pyridine rings is 1. The Morgan fingerprint density at radius 2 is 2.29 bits per heavy atom. The largest absolute Gasteiger partial charge is 0.487 e. The number of carbonyl (C=O) groups is 1. The molecule has 24 heavy (non-hydrogen) atoms. The summed E-state index contributed by atoms with van der Waals surface area (Å²) in [5.41, 5.74) is 2.58. The van der Waals surface area contributed by atoms with Crippen molar-refractivity contribution in [3.05, 3.63) is 59.4 Å². The molecule has 2 heterocycles. The molecule has 0 saturated carbocycles. The number of benzene rings is 1. The first-order valence-electron chi connectivity index (χ1n) is 8.37. The number of carbonyl (C=O) groups excluding carboxylic acids is 1. The number of amides is 1. The van der Waals surface area contributed by atoms with Crippen molar-refractivity contribution in [3.8, 4) is 5.75 Å². The molecule has 0 aliphatic carbocycles. The van der Waals surface area contributed by atoms with Crippen molar-refractivity contribution in [1.82, 2.24) is 15.6 Å². The van der Waals surface area contributed by atoms with Gasteiger partial charge in [-0.1, -0.05) is 12.1 Å². The van der Waals surface area contributed by atoms with Gasteiger partial charge in [0, 0.05) is 23.8 Å². The Morgan fingerprint density at radius 1 is 1.38 bits per heavy atom. The lowest BCUT2D eigenvalue weighted by Gasteiger charge is -2.12. The number of rotatable bonds is 6. The molecule has 1 amide bonds. The van der Waals surface area contributed by atoms with E-state index in [1.807, 2.05) is 43.3 Å². The first-order valence-corrected chi connectivity index (χ1v) is 8.37. The Kier molecular flexibility index (Phi) is 5.43. The minimum Gasteiger partial charge on any atom is -0.487 e. The average Bonchev–Trinajstić information content (AvgIpc) is 3.13. The van der Waals surface area contributed by atoms with Gasteiger partial charge in [-0.3, -0.25) is 9.78 Å². The molecule has 126 valence electrons. The number of aryl methyl sites for hydroxylation is 1. The molecule has 5 heteroatoms. The van der Waals surface area contributed by atoms with E-state index in [4.69, 9.17) is 4.74 Å². The Hall–Kier alpha value is -2.40. The lowest BCUT2D eigenvalue weighted by Crippen LogP contribution is -2.37. The third kappa shape index (κ3) is 4.55. The van der Waals surface area contributed by atoms with E-state index < -0.39 is 0 Å². The van der Waals surface area contributed by atoms with Crippen LogP contribution in [0, 0.1) is 6.92 Å². The Balaban J connectivity index is 1.54. The van der Waals surface area contributed by atoms with E-state index in [2.05, 4.69) is 15.6 Å². The minimum absolute atomic E-state index is 0.0393. The molecule has 1 fully saturated rings. The number of ether oxygens (including phenoxy) is 1. The molecular weight excluding hydrogens is 302 g/mol. The molecule has 0 bridgehead atoms. The summed E-state index contributed by atoms with van der Waals surface area (Å²) in [7, 11) is 0. The van der Waals surface area contributed by atoms with Gasteiger partial charge in [0.25, 0.3) is 5.91 Å². The van der Waals surface area contributed by atoms with Gasteiger partial charge in [-0.25, -0.2) is 0 Å². The summed E-state index contributed by atoms with van der Waals surface area (Å²) in [6.45, 7) is 4.07. The molecule has 1 unspecified atom stereocenters. The molecule has 2 N–H and O–H groups in total. The molecule has 1 saturated heterocycles. The topological polar surface area (TPSA) is 63.2 Å². The number of hydrogen-bond donors (Lipinski definition) is 2. The molecule has 0 spiro atoms. The summed E-state index contributed by atoms with van der Waals surface area (Å²) >= 11 is 0. The molecule has 1 atom stereocenters. The van der Waals surface area contributed by atoms with E-state index >= 15 is 0 Å². The van der Waals surface area contributed by atoms with Crippen LogP contribution in [0.3, 0.4) is 0 Å². The van der Waals surface area contributed by atoms with E-state index in [9.17, 15) is 4.79 Å². The number of nitrogens with zero attached hydrogens (tertiary/aromatic N) is 1. The third-order valence-corrected chi connectivity index (χ3v) is 4.15. The average molecular weight is 325 g/mol. The SMILES string of the molecule is Cc1ccc(OCc2cccc(C(=O)NCC3CCCN3)c2)cn1. The molecule has 1 aliphatic rings. The Labute approximate surface area is 142 Å². The van der Waals surface area contributed by atoms with Gasteiger partial charge in [0.1, 0.15) is 12.4 Å². The van der Waals surface area contributed by atoms with Crippen LogP contribution in [-0.2, 0) is 6.61 Å².